The molecule has 3 nitrogen and oxygen atoms in total. The second-order valence-electron chi connectivity index (χ2n) is 3.79. The Labute approximate surface area is 89.7 Å². The summed E-state index contributed by atoms with van der Waals surface area (Å²) in [6.07, 6.45) is 1.03. The highest BCUT2D eigenvalue weighted by Gasteiger charge is 2.19. The monoisotopic (exact) mass is 205 g/mol. The molecule has 0 bridgehead atoms. The van der Waals surface area contributed by atoms with Crippen molar-refractivity contribution in [3.8, 4) is 6.07 Å². The summed E-state index contributed by atoms with van der Waals surface area (Å²) in [4.78, 5) is 11.9. The van der Waals surface area contributed by atoms with E-state index in [2.05, 4.69) is 0 Å². The number of aryl methyl sites for hydroxylation is 2. The molecule has 0 saturated carbocycles. The van der Waals surface area contributed by atoms with Gasteiger partial charge >= 0.3 is 0 Å². The molecule has 1 atom stereocenters. The summed E-state index contributed by atoms with van der Waals surface area (Å²) in [5.41, 5.74) is 0.651. The lowest BCUT2D eigenvalue weighted by molar-refractivity contribution is 0.0923. The van der Waals surface area contributed by atoms with Gasteiger partial charge in [-0.05, 0) is 26.3 Å². The number of ketones is 1. The standard InChI is InChI=1S/C12H15NO2/c1-8(5-4-6-13)12(14)11-7-9(2)15-10(11)3/h7-8H,4-5H2,1-3H3. The average molecular weight is 205 g/mol. The van der Waals surface area contributed by atoms with Gasteiger partial charge in [0.15, 0.2) is 5.78 Å². The van der Waals surface area contributed by atoms with E-state index in [0.29, 0.717) is 24.2 Å². The lowest BCUT2D eigenvalue weighted by atomic mass is 9.95. The second-order valence-corrected chi connectivity index (χ2v) is 3.79. The number of nitriles is 1. The summed E-state index contributed by atoms with van der Waals surface area (Å²) in [7, 11) is 0. The SMILES string of the molecule is Cc1cc(C(=O)C(C)CCC#N)c(C)o1. The molecule has 1 aromatic heterocycles. The van der Waals surface area contributed by atoms with Gasteiger partial charge in [-0.3, -0.25) is 4.79 Å². The Morgan fingerprint density at radius 3 is 2.73 bits per heavy atom. The Kier molecular flexibility index (Phi) is 3.68. The molecule has 0 aliphatic heterocycles. The number of Topliss-reactive ketones (excluding diaryl/α,β-unsaturated/α-hetero) is 1. The van der Waals surface area contributed by atoms with Crippen molar-refractivity contribution in [1.29, 1.82) is 5.26 Å². The van der Waals surface area contributed by atoms with Crippen LogP contribution in [0.1, 0.15) is 41.6 Å². The van der Waals surface area contributed by atoms with Gasteiger partial charge in [-0.15, -0.1) is 0 Å². The van der Waals surface area contributed by atoms with Crippen molar-refractivity contribution in [3.63, 3.8) is 0 Å². The molecule has 0 amide bonds. The molecular weight excluding hydrogens is 190 g/mol. The summed E-state index contributed by atoms with van der Waals surface area (Å²) in [6, 6.07) is 3.81. The van der Waals surface area contributed by atoms with E-state index in [1.807, 2.05) is 19.9 Å². The van der Waals surface area contributed by atoms with E-state index in [9.17, 15) is 4.79 Å². The van der Waals surface area contributed by atoms with Gasteiger partial charge in [-0.1, -0.05) is 6.92 Å². The van der Waals surface area contributed by atoms with Crippen LogP contribution >= 0.6 is 0 Å². The molecule has 0 radical (unpaired) electrons. The molecule has 3 heteroatoms. The van der Waals surface area contributed by atoms with Crippen LogP contribution in [0.2, 0.25) is 0 Å². The van der Waals surface area contributed by atoms with E-state index in [-0.39, 0.29) is 11.7 Å². The molecule has 80 valence electrons. The maximum atomic E-state index is 11.9. The van der Waals surface area contributed by atoms with Crippen LogP contribution < -0.4 is 0 Å². The Bertz CT molecular complexity index is 398. The third kappa shape index (κ3) is 2.69. The molecule has 15 heavy (non-hydrogen) atoms. The summed E-state index contributed by atoms with van der Waals surface area (Å²) in [5, 5.41) is 8.45. The predicted octanol–water partition coefficient (Wildman–Crippen LogP) is 3.02. The van der Waals surface area contributed by atoms with E-state index < -0.39 is 0 Å². The number of carbonyl (C=O) groups is 1. The van der Waals surface area contributed by atoms with Crippen LogP contribution in [0.4, 0.5) is 0 Å². The van der Waals surface area contributed by atoms with Crippen LogP contribution in [-0.4, -0.2) is 5.78 Å². The van der Waals surface area contributed by atoms with Gasteiger partial charge in [0.1, 0.15) is 11.5 Å². The maximum Gasteiger partial charge on any atom is 0.169 e. The molecule has 0 aliphatic rings. The van der Waals surface area contributed by atoms with Gasteiger partial charge in [-0.2, -0.15) is 5.26 Å². The first-order valence-corrected chi connectivity index (χ1v) is 5.04. The maximum absolute atomic E-state index is 11.9. The molecule has 0 N–H and O–H groups in total. The molecule has 1 heterocycles. The Morgan fingerprint density at radius 1 is 1.60 bits per heavy atom. The first-order chi connectivity index (χ1) is 7.06. The minimum atomic E-state index is -0.111. The van der Waals surface area contributed by atoms with Crippen molar-refractivity contribution >= 4 is 5.78 Å². The van der Waals surface area contributed by atoms with Crippen molar-refractivity contribution in [2.24, 2.45) is 5.92 Å². The van der Waals surface area contributed by atoms with Gasteiger partial charge < -0.3 is 4.42 Å². The number of furan rings is 1. The molecule has 0 aromatic carbocycles. The molecule has 1 aromatic rings. The van der Waals surface area contributed by atoms with Crippen LogP contribution in [0.3, 0.4) is 0 Å². The molecule has 0 saturated heterocycles. The minimum absolute atomic E-state index is 0.0691. The molecular formula is C12H15NO2. The summed E-state index contributed by atoms with van der Waals surface area (Å²) in [6.45, 7) is 5.46. The highest BCUT2D eigenvalue weighted by Crippen LogP contribution is 2.20. The van der Waals surface area contributed by atoms with Crippen LogP contribution in [0.15, 0.2) is 10.5 Å². The van der Waals surface area contributed by atoms with Gasteiger partial charge in [0.05, 0.1) is 11.6 Å². The summed E-state index contributed by atoms with van der Waals surface area (Å²) in [5.74, 6) is 1.38. The Balaban J connectivity index is 2.76. The fourth-order valence-electron chi connectivity index (χ4n) is 1.55. The van der Waals surface area contributed by atoms with Crippen molar-refractivity contribution in [2.75, 3.05) is 0 Å². The zero-order chi connectivity index (χ0) is 11.4. The fourth-order valence-corrected chi connectivity index (χ4v) is 1.55. The topological polar surface area (TPSA) is 54.0 Å². The van der Waals surface area contributed by atoms with Crippen LogP contribution in [0.5, 0.6) is 0 Å². The van der Waals surface area contributed by atoms with Gasteiger partial charge in [0.25, 0.3) is 0 Å². The largest absolute Gasteiger partial charge is 0.466 e. The van der Waals surface area contributed by atoms with Crippen LogP contribution in [0, 0.1) is 31.1 Å². The first-order valence-electron chi connectivity index (χ1n) is 5.04. The van der Waals surface area contributed by atoms with E-state index in [0.717, 1.165) is 5.76 Å². The van der Waals surface area contributed by atoms with Gasteiger partial charge in [-0.25, -0.2) is 0 Å². The number of rotatable bonds is 4. The number of hydrogen-bond acceptors (Lipinski definition) is 3. The predicted molar refractivity (Wildman–Crippen MR) is 56.5 cm³/mol. The molecule has 1 unspecified atom stereocenters. The fraction of sp³-hybridized carbons (Fsp3) is 0.500. The number of carbonyl (C=O) groups excluding carboxylic acids is 1. The van der Waals surface area contributed by atoms with Crippen LogP contribution in [-0.2, 0) is 0 Å². The lowest BCUT2D eigenvalue weighted by Gasteiger charge is -2.06. The van der Waals surface area contributed by atoms with Crippen molar-refractivity contribution in [1.82, 2.24) is 0 Å². The molecule has 0 fully saturated rings. The number of nitrogens with zero attached hydrogens (tertiary/aromatic N) is 1. The lowest BCUT2D eigenvalue weighted by Crippen LogP contribution is -2.11. The smallest absolute Gasteiger partial charge is 0.169 e. The van der Waals surface area contributed by atoms with E-state index >= 15 is 0 Å². The summed E-state index contributed by atoms with van der Waals surface area (Å²) < 4.78 is 5.30. The number of hydrogen-bond donors (Lipinski definition) is 0. The van der Waals surface area contributed by atoms with E-state index in [4.69, 9.17) is 9.68 Å². The Morgan fingerprint density at radius 2 is 2.27 bits per heavy atom. The van der Waals surface area contributed by atoms with Crippen molar-refractivity contribution in [2.45, 2.75) is 33.6 Å². The first kappa shape index (κ1) is 11.5. The zero-order valence-corrected chi connectivity index (χ0v) is 9.33. The zero-order valence-electron chi connectivity index (χ0n) is 9.33. The highest BCUT2D eigenvalue weighted by atomic mass is 16.3. The third-order valence-electron chi connectivity index (χ3n) is 2.44. The Hall–Kier alpha value is -1.56. The van der Waals surface area contributed by atoms with Crippen molar-refractivity contribution < 1.29 is 9.21 Å². The molecule has 1 rings (SSSR count). The normalized spacial score (nSPS) is 12.1. The third-order valence-corrected chi connectivity index (χ3v) is 2.44. The van der Waals surface area contributed by atoms with E-state index in [1.54, 1.807) is 13.0 Å². The van der Waals surface area contributed by atoms with Gasteiger partial charge in [0.2, 0.25) is 0 Å². The minimum Gasteiger partial charge on any atom is -0.466 e. The average Bonchev–Trinajstić information content (AvgIpc) is 2.53. The molecule has 0 spiro atoms. The summed E-state index contributed by atoms with van der Waals surface area (Å²) >= 11 is 0. The van der Waals surface area contributed by atoms with Crippen LogP contribution in [0.25, 0.3) is 0 Å². The molecule has 0 aliphatic carbocycles. The second kappa shape index (κ2) is 4.79. The quantitative estimate of drug-likeness (QED) is 0.710. The highest BCUT2D eigenvalue weighted by molar-refractivity contribution is 5.98. The van der Waals surface area contributed by atoms with Gasteiger partial charge in [0, 0.05) is 12.3 Å². The van der Waals surface area contributed by atoms with E-state index in [1.165, 1.54) is 0 Å². The van der Waals surface area contributed by atoms with Crippen molar-refractivity contribution in [3.05, 3.63) is 23.2 Å².